The molecule has 2 aromatic carbocycles. The lowest BCUT2D eigenvalue weighted by atomic mass is 9.96. The lowest BCUT2D eigenvalue weighted by molar-refractivity contribution is -0.148. The fourth-order valence-electron chi connectivity index (χ4n) is 2.00. The second-order valence-corrected chi connectivity index (χ2v) is 4.18. The van der Waals surface area contributed by atoms with Crippen LogP contribution in [0.15, 0.2) is 42.5 Å². The molecule has 0 saturated heterocycles. The molecule has 88 valence electrons. The third-order valence-corrected chi connectivity index (χ3v) is 2.92. The van der Waals surface area contributed by atoms with Crippen molar-refractivity contribution >= 4 is 16.7 Å². The van der Waals surface area contributed by atoms with Crippen molar-refractivity contribution in [2.45, 2.75) is 13.3 Å². The van der Waals surface area contributed by atoms with E-state index >= 15 is 0 Å². The van der Waals surface area contributed by atoms with Crippen molar-refractivity contribution < 1.29 is 9.63 Å². The molecule has 0 fully saturated rings. The van der Waals surface area contributed by atoms with Crippen molar-refractivity contribution in [1.82, 2.24) is 0 Å². The van der Waals surface area contributed by atoms with E-state index in [0.717, 1.165) is 5.56 Å². The van der Waals surface area contributed by atoms with Crippen molar-refractivity contribution in [3.8, 4) is 0 Å². The first-order valence-electron chi connectivity index (χ1n) is 5.59. The lowest BCUT2D eigenvalue weighted by Gasteiger charge is -2.10. The number of benzene rings is 2. The van der Waals surface area contributed by atoms with Gasteiger partial charge < -0.3 is 4.84 Å². The van der Waals surface area contributed by atoms with Crippen LogP contribution in [0.3, 0.4) is 0 Å². The highest BCUT2D eigenvalue weighted by atomic mass is 16.7. The van der Waals surface area contributed by atoms with Gasteiger partial charge in [-0.2, -0.15) is 5.90 Å². The summed E-state index contributed by atoms with van der Waals surface area (Å²) in [4.78, 5) is 15.6. The zero-order chi connectivity index (χ0) is 12.3. The molecule has 0 bridgehead atoms. The average molecular weight is 229 g/mol. The predicted molar refractivity (Wildman–Crippen MR) is 67.1 cm³/mol. The first-order chi connectivity index (χ1) is 8.22. The summed E-state index contributed by atoms with van der Waals surface area (Å²) in [6.45, 7) is 1.82. The average Bonchev–Trinajstić information content (AvgIpc) is 2.38. The number of nitrogens with two attached hydrogens (primary N) is 1. The van der Waals surface area contributed by atoms with Crippen LogP contribution in [0.25, 0.3) is 10.8 Å². The van der Waals surface area contributed by atoms with E-state index in [4.69, 9.17) is 5.90 Å². The third-order valence-electron chi connectivity index (χ3n) is 2.92. The van der Waals surface area contributed by atoms with Crippen LogP contribution < -0.4 is 5.90 Å². The van der Waals surface area contributed by atoms with Gasteiger partial charge in [-0.3, -0.25) is 4.79 Å². The van der Waals surface area contributed by atoms with E-state index in [2.05, 4.69) is 23.0 Å². The normalized spacial score (nSPS) is 12.4. The van der Waals surface area contributed by atoms with Gasteiger partial charge in [0.2, 0.25) is 0 Å². The van der Waals surface area contributed by atoms with Crippen molar-refractivity contribution in [3.05, 3.63) is 48.0 Å². The maximum absolute atomic E-state index is 11.3. The molecule has 2 N–H and O–H groups in total. The van der Waals surface area contributed by atoms with E-state index in [9.17, 15) is 4.79 Å². The Balaban J connectivity index is 2.33. The van der Waals surface area contributed by atoms with Crippen LogP contribution >= 0.6 is 0 Å². The number of carbonyl (C=O) groups is 1. The SMILES string of the molecule is CC(Cc1cccc2ccccc12)C(=O)ON. The Morgan fingerprint density at radius 2 is 1.94 bits per heavy atom. The second-order valence-electron chi connectivity index (χ2n) is 4.18. The summed E-state index contributed by atoms with van der Waals surface area (Å²) in [7, 11) is 0. The van der Waals surface area contributed by atoms with Gasteiger partial charge in [0.25, 0.3) is 0 Å². The second kappa shape index (κ2) is 4.97. The molecule has 0 aliphatic carbocycles. The summed E-state index contributed by atoms with van der Waals surface area (Å²) in [6.07, 6.45) is 0.636. The standard InChI is InChI=1S/C14H15NO2/c1-10(14(16)17-15)9-12-7-4-6-11-5-2-3-8-13(11)12/h2-8,10H,9,15H2,1H3. The first kappa shape index (κ1) is 11.6. The van der Waals surface area contributed by atoms with Gasteiger partial charge in [-0.1, -0.05) is 49.4 Å². The van der Waals surface area contributed by atoms with Crippen LogP contribution in [0, 0.1) is 5.92 Å². The van der Waals surface area contributed by atoms with Gasteiger partial charge in [0.15, 0.2) is 0 Å². The predicted octanol–water partition coefficient (Wildman–Crippen LogP) is 2.44. The summed E-state index contributed by atoms with van der Waals surface area (Å²) >= 11 is 0. The van der Waals surface area contributed by atoms with Crippen LogP contribution in [0.4, 0.5) is 0 Å². The molecule has 1 unspecified atom stereocenters. The first-order valence-corrected chi connectivity index (χ1v) is 5.59. The molecule has 0 amide bonds. The monoisotopic (exact) mass is 229 g/mol. The van der Waals surface area contributed by atoms with Gasteiger partial charge in [0, 0.05) is 0 Å². The van der Waals surface area contributed by atoms with Crippen molar-refractivity contribution in [3.63, 3.8) is 0 Å². The Kier molecular flexibility index (Phi) is 3.40. The quantitative estimate of drug-likeness (QED) is 0.822. The molecule has 0 spiro atoms. The Hall–Kier alpha value is -1.87. The fourth-order valence-corrected chi connectivity index (χ4v) is 2.00. The summed E-state index contributed by atoms with van der Waals surface area (Å²) in [5.74, 6) is 4.28. The summed E-state index contributed by atoms with van der Waals surface area (Å²) in [5.41, 5.74) is 1.14. The van der Waals surface area contributed by atoms with Gasteiger partial charge in [-0.15, -0.1) is 0 Å². The van der Waals surface area contributed by atoms with Gasteiger partial charge >= 0.3 is 5.97 Å². The lowest BCUT2D eigenvalue weighted by Crippen LogP contribution is -2.20. The molecule has 0 heterocycles. The van der Waals surface area contributed by atoms with Crippen LogP contribution in [0.1, 0.15) is 12.5 Å². The molecule has 17 heavy (non-hydrogen) atoms. The van der Waals surface area contributed by atoms with Crippen molar-refractivity contribution in [2.24, 2.45) is 11.8 Å². The zero-order valence-electron chi connectivity index (χ0n) is 9.72. The maximum atomic E-state index is 11.3. The molecule has 3 nitrogen and oxygen atoms in total. The minimum absolute atomic E-state index is 0.231. The smallest absolute Gasteiger partial charge is 0.327 e. The Morgan fingerprint density at radius 1 is 1.24 bits per heavy atom. The Bertz CT molecular complexity index is 531. The molecule has 2 aromatic rings. The molecule has 0 aromatic heterocycles. The zero-order valence-corrected chi connectivity index (χ0v) is 9.72. The van der Waals surface area contributed by atoms with E-state index in [1.807, 2.05) is 31.2 Å². The number of hydrogen-bond acceptors (Lipinski definition) is 3. The number of fused-ring (bicyclic) bond motifs is 1. The van der Waals surface area contributed by atoms with Gasteiger partial charge in [-0.05, 0) is 22.8 Å². The highest BCUT2D eigenvalue weighted by molar-refractivity contribution is 5.86. The van der Waals surface area contributed by atoms with Crippen LogP contribution in [-0.4, -0.2) is 5.97 Å². The van der Waals surface area contributed by atoms with E-state index in [-0.39, 0.29) is 11.9 Å². The third kappa shape index (κ3) is 2.45. The molecule has 0 saturated carbocycles. The van der Waals surface area contributed by atoms with Crippen molar-refractivity contribution in [2.75, 3.05) is 0 Å². The summed E-state index contributed by atoms with van der Waals surface area (Å²) < 4.78 is 0. The minimum atomic E-state index is -0.377. The molecule has 0 radical (unpaired) electrons. The van der Waals surface area contributed by atoms with Gasteiger partial charge in [-0.25, -0.2) is 0 Å². The Morgan fingerprint density at radius 3 is 2.71 bits per heavy atom. The summed E-state index contributed by atoms with van der Waals surface area (Å²) in [6, 6.07) is 14.2. The molecule has 1 atom stereocenters. The molecule has 3 heteroatoms. The van der Waals surface area contributed by atoms with Gasteiger partial charge in [0.05, 0.1) is 5.92 Å². The minimum Gasteiger partial charge on any atom is -0.373 e. The largest absolute Gasteiger partial charge is 0.373 e. The highest BCUT2D eigenvalue weighted by Gasteiger charge is 2.15. The summed E-state index contributed by atoms with van der Waals surface area (Å²) in [5, 5.41) is 2.35. The molecular formula is C14H15NO2. The van der Waals surface area contributed by atoms with Crippen LogP contribution in [0.2, 0.25) is 0 Å². The molecule has 0 aliphatic heterocycles. The topological polar surface area (TPSA) is 52.3 Å². The van der Waals surface area contributed by atoms with Gasteiger partial charge in [0.1, 0.15) is 0 Å². The highest BCUT2D eigenvalue weighted by Crippen LogP contribution is 2.21. The Labute approximate surface area is 100 Å². The van der Waals surface area contributed by atoms with Crippen LogP contribution in [0.5, 0.6) is 0 Å². The van der Waals surface area contributed by atoms with E-state index in [1.54, 1.807) is 0 Å². The number of rotatable bonds is 3. The number of hydrogen-bond donors (Lipinski definition) is 1. The molecular weight excluding hydrogens is 214 g/mol. The maximum Gasteiger partial charge on any atom is 0.327 e. The van der Waals surface area contributed by atoms with E-state index < -0.39 is 0 Å². The molecule has 2 rings (SSSR count). The fraction of sp³-hybridized carbons (Fsp3) is 0.214. The van der Waals surface area contributed by atoms with E-state index in [0.29, 0.717) is 6.42 Å². The van der Waals surface area contributed by atoms with Crippen molar-refractivity contribution in [1.29, 1.82) is 0 Å². The van der Waals surface area contributed by atoms with Crippen LogP contribution in [-0.2, 0) is 16.1 Å². The van der Waals surface area contributed by atoms with E-state index in [1.165, 1.54) is 10.8 Å². The number of carbonyl (C=O) groups excluding carboxylic acids is 1. The molecule has 0 aliphatic rings.